The number of nitrogens with one attached hydrogen (secondary N) is 1. The van der Waals surface area contributed by atoms with Crippen molar-refractivity contribution in [3.05, 3.63) is 29.8 Å². The Kier molecular flexibility index (Phi) is 3.04. The number of ether oxygens (including phenoxy) is 1. The number of para-hydroxylation sites is 1. The van der Waals surface area contributed by atoms with Gasteiger partial charge >= 0.3 is 0 Å². The summed E-state index contributed by atoms with van der Waals surface area (Å²) in [5, 5.41) is 4.44. The van der Waals surface area contributed by atoms with E-state index in [9.17, 15) is 4.79 Å². The molecule has 1 saturated carbocycles. The number of hydrazone groups is 1. The third kappa shape index (κ3) is 2.09. The molecule has 0 unspecified atom stereocenters. The Hall–Kier alpha value is -1.84. The van der Waals surface area contributed by atoms with Gasteiger partial charge in [0.15, 0.2) is 0 Å². The summed E-state index contributed by atoms with van der Waals surface area (Å²) in [4.78, 5) is 12.5. The zero-order chi connectivity index (χ0) is 14.3. The van der Waals surface area contributed by atoms with Gasteiger partial charge in [-0.1, -0.05) is 26.0 Å². The van der Waals surface area contributed by atoms with E-state index >= 15 is 0 Å². The molecule has 1 aliphatic heterocycles. The van der Waals surface area contributed by atoms with Crippen LogP contribution in [0, 0.1) is 11.3 Å². The van der Waals surface area contributed by atoms with Crippen molar-refractivity contribution in [3.8, 4) is 5.75 Å². The van der Waals surface area contributed by atoms with Crippen molar-refractivity contribution in [2.24, 2.45) is 16.4 Å². The summed E-state index contributed by atoms with van der Waals surface area (Å²) in [5.41, 5.74) is 4.95. The SMILES string of the molecule is COc1ccccc1C1=NN[C@@H]2CC(C)(C)CC(=O)[C@@H]12. The predicted molar refractivity (Wildman–Crippen MR) is 78.0 cm³/mol. The number of hydrogen-bond acceptors (Lipinski definition) is 4. The van der Waals surface area contributed by atoms with Gasteiger partial charge in [-0.25, -0.2) is 0 Å². The number of carbonyl (C=O) groups is 1. The smallest absolute Gasteiger partial charge is 0.144 e. The second kappa shape index (κ2) is 4.62. The fourth-order valence-electron chi connectivity index (χ4n) is 3.36. The molecule has 3 rings (SSSR count). The summed E-state index contributed by atoms with van der Waals surface area (Å²) in [6.07, 6.45) is 1.58. The van der Waals surface area contributed by atoms with Gasteiger partial charge in [0.25, 0.3) is 0 Å². The molecule has 2 atom stereocenters. The van der Waals surface area contributed by atoms with Gasteiger partial charge < -0.3 is 10.2 Å². The third-order valence-corrected chi connectivity index (χ3v) is 4.20. The van der Waals surface area contributed by atoms with Crippen LogP contribution < -0.4 is 10.2 Å². The maximum atomic E-state index is 12.5. The highest BCUT2D eigenvalue weighted by molar-refractivity contribution is 6.16. The molecule has 0 amide bonds. The summed E-state index contributed by atoms with van der Waals surface area (Å²) in [6, 6.07) is 7.86. The lowest BCUT2D eigenvalue weighted by atomic mass is 9.68. The van der Waals surface area contributed by atoms with Crippen molar-refractivity contribution in [1.82, 2.24) is 5.43 Å². The first-order valence-corrected chi connectivity index (χ1v) is 7.01. The Morgan fingerprint density at radius 2 is 2.10 bits per heavy atom. The molecule has 1 N–H and O–H groups in total. The van der Waals surface area contributed by atoms with Crippen LogP contribution in [-0.4, -0.2) is 24.6 Å². The number of methoxy groups -OCH3 is 1. The monoisotopic (exact) mass is 272 g/mol. The predicted octanol–water partition coefficient (Wildman–Crippen LogP) is 2.38. The molecule has 1 aromatic rings. The first-order valence-electron chi connectivity index (χ1n) is 7.01. The van der Waals surface area contributed by atoms with Gasteiger partial charge in [0, 0.05) is 12.0 Å². The van der Waals surface area contributed by atoms with Crippen molar-refractivity contribution in [2.45, 2.75) is 32.7 Å². The van der Waals surface area contributed by atoms with Crippen LogP contribution in [0.3, 0.4) is 0 Å². The Balaban J connectivity index is 1.96. The van der Waals surface area contributed by atoms with Gasteiger partial charge in [-0.2, -0.15) is 5.10 Å². The Bertz CT molecular complexity index is 578. The normalized spacial score (nSPS) is 27.6. The van der Waals surface area contributed by atoms with Crippen molar-refractivity contribution in [2.75, 3.05) is 7.11 Å². The minimum Gasteiger partial charge on any atom is -0.496 e. The van der Waals surface area contributed by atoms with E-state index in [0.717, 1.165) is 23.4 Å². The van der Waals surface area contributed by atoms with Crippen molar-refractivity contribution >= 4 is 11.5 Å². The molecule has 1 fully saturated rings. The fraction of sp³-hybridized carbons (Fsp3) is 0.500. The second-order valence-corrected chi connectivity index (χ2v) is 6.42. The highest BCUT2D eigenvalue weighted by atomic mass is 16.5. The molecule has 4 heteroatoms. The van der Waals surface area contributed by atoms with Crippen LogP contribution in [0.2, 0.25) is 0 Å². The summed E-state index contributed by atoms with van der Waals surface area (Å²) in [7, 11) is 1.64. The van der Waals surface area contributed by atoms with Gasteiger partial charge in [-0.05, 0) is 24.0 Å². The quantitative estimate of drug-likeness (QED) is 0.899. The minimum absolute atomic E-state index is 0.0526. The lowest BCUT2D eigenvalue weighted by Gasteiger charge is -2.36. The second-order valence-electron chi connectivity index (χ2n) is 6.42. The molecule has 2 aliphatic rings. The van der Waals surface area contributed by atoms with E-state index in [1.165, 1.54) is 0 Å². The third-order valence-electron chi connectivity index (χ3n) is 4.20. The molecule has 1 aromatic carbocycles. The van der Waals surface area contributed by atoms with Crippen LogP contribution in [0.25, 0.3) is 0 Å². The molecule has 0 radical (unpaired) electrons. The van der Waals surface area contributed by atoms with Crippen LogP contribution in [0.4, 0.5) is 0 Å². The minimum atomic E-state index is -0.140. The molecule has 0 aromatic heterocycles. The molecule has 0 spiro atoms. The molecule has 20 heavy (non-hydrogen) atoms. The lowest BCUT2D eigenvalue weighted by Crippen LogP contribution is -2.45. The lowest BCUT2D eigenvalue weighted by molar-refractivity contribution is -0.126. The van der Waals surface area contributed by atoms with Gasteiger partial charge in [-0.15, -0.1) is 0 Å². The maximum absolute atomic E-state index is 12.5. The highest BCUT2D eigenvalue weighted by Crippen LogP contribution is 2.40. The standard InChI is InChI=1S/C16H20N2O2/c1-16(2)8-11-14(12(19)9-16)15(18-17-11)10-6-4-5-7-13(10)20-3/h4-7,11,14,17H,8-9H2,1-3H3/t11-,14+/m1/s1. The zero-order valence-corrected chi connectivity index (χ0v) is 12.1. The van der Waals surface area contributed by atoms with Crippen molar-refractivity contribution in [1.29, 1.82) is 0 Å². The number of Topliss-reactive ketones (excluding diaryl/α,β-unsaturated/α-hetero) is 1. The van der Waals surface area contributed by atoms with Crippen LogP contribution in [-0.2, 0) is 4.79 Å². The number of benzene rings is 1. The zero-order valence-electron chi connectivity index (χ0n) is 12.1. The molecule has 1 heterocycles. The summed E-state index contributed by atoms with van der Waals surface area (Å²) < 4.78 is 5.39. The fourth-order valence-corrected chi connectivity index (χ4v) is 3.36. The van der Waals surface area contributed by atoms with Crippen molar-refractivity contribution < 1.29 is 9.53 Å². The highest BCUT2D eigenvalue weighted by Gasteiger charge is 2.46. The Morgan fingerprint density at radius 1 is 1.35 bits per heavy atom. The van der Waals surface area contributed by atoms with E-state index in [2.05, 4.69) is 24.4 Å². The van der Waals surface area contributed by atoms with E-state index < -0.39 is 0 Å². The molecule has 0 bridgehead atoms. The number of ketones is 1. The molecule has 4 nitrogen and oxygen atoms in total. The van der Waals surface area contributed by atoms with Gasteiger partial charge in [-0.3, -0.25) is 4.79 Å². The van der Waals surface area contributed by atoms with E-state index in [4.69, 9.17) is 4.74 Å². The average molecular weight is 272 g/mol. The van der Waals surface area contributed by atoms with Gasteiger partial charge in [0.2, 0.25) is 0 Å². The Labute approximate surface area is 119 Å². The maximum Gasteiger partial charge on any atom is 0.144 e. The molecule has 106 valence electrons. The van der Waals surface area contributed by atoms with Crippen molar-refractivity contribution in [3.63, 3.8) is 0 Å². The van der Waals surface area contributed by atoms with Gasteiger partial charge in [0.1, 0.15) is 11.5 Å². The Morgan fingerprint density at radius 3 is 2.85 bits per heavy atom. The largest absolute Gasteiger partial charge is 0.496 e. The molecule has 1 aliphatic carbocycles. The summed E-state index contributed by atoms with van der Waals surface area (Å²) in [5.74, 6) is 0.909. The van der Waals surface area contributed by atoms with E-state index in [1.807, 2.05) is 24.3 Å². The molecule has 0 saturated heterocycles. The van der Waals surface area contributed by atoms with Crippen LogP contribution >= 0.6 is 0 Å². The van der Waals surface area contributed by atoms with Crippen LogP contribution in [0.5, 0.6) is 5.75 Å². The number of fused-ring (bicyclic) bond motifs is 1. The topological polar surface area (TPSA) is 50.7 Å². The molecular weight excluding hydrogens is 252 g/mol. The number of rotatable bonds is 2. The first-order chi connectivity index (χ1) is 9.52. The van der Waals surface area contributed by atoms with Crippen LogP contribution in [0.15, 0.2) is 29.4 Å². The van der Waals surface area contributed by atoms with E-state index in [-0.39, 0.29) is 23.2 Å². The van der Waals surface area contributed by atoms with E-state index in [1.54, 1.807) is 7.11 Å². The first kappa shape index (κ1) is 13.2. The van der Waals surface area contributed by atoms with Gasteiger partial charge in [0.05, 0.1) is 24.8 Å². The summed E-state index contributed by atoms with van der Waals surface area (Å²) >= 11 is 0. The van der Waals surface area contributed by atoms with E-state index in [0.29, 0.717) is 6.42 Å². The summed E-state index contributed by atoms with van der Waals surface area (Å²) in [6.45, 7) is 4.29. The number of carbonyl (C=O) groups excluding carboxylic acids is 1. The average Bonchev–Trinajstić information content (AvgIpc) is 2.80. The molecular formula is C16H20N2O2. The number of hydrogen-bond donors (Lipinski definition) is 1. The number of nitrogens with zero attached hydrogens (tertiary/aromatic N) is 1. The van der Waals surface area contributed by atoms with Crippen LogP contribution in [0.1, 0.15) is 32.3 Å².